The standard InChI is InChI=1S/C12H14ClF2NO/c1-2-16-8-9-6-10(14)12(11(15)7-9)17-5-3-4-13/h3-4,6-7,16H,2,5,8H2,1H3. The number of ether oxygens (including phenoxy) is 1. The molecule has 0 aliphatic rings. The molecule has 5 heteroatoms. The largest absolute Gasteiger partial charge is 0.483 e. The summed E-state index contributed by atoms with van der Waals surface area (Å²) < 4.78 is 32.0. The first-order chi connectivity index (χ1) is 8.19. The van der Waals surface area contributed by atoms with Gasteiger partial charge in [0.15, 0.2) is 17.4 Å². The Labute approximate surface area is 104 Å². The smallest absolute Gasteiger partial charge is 0.191 e. The minimum atomic E-state index is -0.708. The Bertz CT molecular complexity index is 373. The maximum Gasteiger partial charge on any atom is 0.191 e. The lowest BCUT2D eigenvalue weighted by Crippen LogP contribution is -2.12. The average molecular weight is 262 g/mol. The molecule has 2 nitrogen and oxygen atoms in total. The lowest BCUT2D eigenvalue weighted by Gasteiger charge is -2.09. The first-order valence-corrected chi connectivity index (χ1v) is 5.69. The van der Waals surface area contributed by atoms with Gasteiger partial charge in [-0.3, -0.25) is 0 Å². The summed E-state index contributed by atoms with van der Waals surface area (Å²) in [6.45, 7) is 3.11. The molecule has 0 heterocycles. The van der Waals surface area contributed by atoms with Crippen LogP contribution in [0.1, 0.15) is 12.5 Å². The molecule has 0 radical (unpaired) electrons. The Morgan fingerprint density at radius 1 is 1.35 bits per heavy atom. The van der Waals surface area contributed by atoms with Crippen LogP contribution in [0.4, 0.5) is 8.78 Å². The molecule has 0 fully saturated rings. The van der Waals surface area contributed by atoms with E-state index in [1.54, 1.807) is 0 Å². The molecular formula is C12H14ClF2NO. The lowest BCUT2D eigenvalue weighted by atomic mass is 10.2. The third-order valence-electron chi connectivity index (χ3n) is 2.05. The molecule has 0 aliphatic carbocycles. The Hall–Kier alpha value is -1.13. The summed E-state index contributed by atoms with van der Waals surface area (Å²) >= 11 is 5.27. The zero-order chi connectivity index (χ0) is 12.7. The minimum Gasteiger partial charge on any atom is -0.483 e. The molecule has 0 saturated heterocycles. The van der Waals surface area contributed by atoms with Crippen molar-refractivity contribution in [3.05, 3.63) is 40.9 Å². The van der Waals surface area contributed by atoms with E-state index in [0.717, 1.165) is 6.54 Å². The molecule has 0 aromatic heterocycles. The molecule has 94 valence electrons. The molecule has 1 aromatic carbocycles. The fourth-order valence-electron chi connectivity index (χ4n) is 1.29. The summed E-state index contributed by atoms with van der Waals surface area (Å²) in [5, 5.41) is 2.99. The third-order valence-corrected chi connectivity index (χ3v) is 2.23. The summed E-state index contributed by atoms with van der Waals surface area (Å²) in [6, 6.07) is 2.51. The van der Waals surface area contributed by atoms with Gasteiger partial charge in [0.2, 0.25) is 0 Å². The predicted molar refractivity (Wildman–Crippen MR) is 64.2 cm³/mol. The number of hydrogen-bond acceptors (Lipinski definition) is 2. The van der Waals surface area contributed by atoms with E-state index < -0.39 is 11.6 Å². The van der Waals surface area contributed by atoms with Crippen molar-refractivity contribution in [3.63, 3.8) is 0 Å². The quantitative estimate of drug-likeness (QED) is 0.849. The highest BCUT2D eigenvalue weighted by atomic mass is 35.5. The Kier molecular flexibility index (Phi) is 5.94. The molecule has 17 heavy (non-hydrogen) atoms. The summed E-state index contributed by atoms with van der Waals surface area (Å²) in [7, 11) is 0. The number of hydrogen-bond donors (Lipinski definition) is 1. The van der Waals surface area contributed by atoms with Gasteiger partial charge in [0, 0.05) is 12.1 Å². The van der Waals surface area contributed by atoms with Crippen LogP contribution in [0, 0.1) is 11.6 Å². The van der Waals surface area contributed by atoms with E-state index in [9.17, 15) is 8.78 Å². The topological polar surface area (TPSA) is 21.3 Å². The van der Waals surface area contributed by atoms with Crippen LogP contribution in [0.5, 0.6) is 5.75 Å². The lowest BCUT2D eigenvalue weighted by molar-refractivity contribution is 0.320. The van der Waals surface area contributed by atoms with Crippen molar-refractivity contribution in [2.45, 2.75) is 13.5 Å². The van der Waals surface area contributed by atoms with Gasteiger partial charge in [-0.05, 0) is 30.3 Å². The zero-order valence-corrected chi connectivity index (χ0v) is 10.2. The van der Waals surface area contributed by atoms with Crippen molar-refractivity contribution in [1.29, 1.82) is 0 Å². The molecule has 0 spiro atoms. The van der Waals surface area contributed by atoms with E-state index in [1.807, 2.05) is 6.92 Å². The highest BCUT2D eigenvalue weighted by Gasteiger charge is 2.11. The summed E-state index contributed by atoms with van der Waals surface area (Å²) in [5.41, 5.74) is 1.78. The highest BCUT2D eigenvalue weighted by molar-refractivity contribution is 6.25. The summed E-state index contributed by atoms with van der Waals surface area (Å²) in [4.78, 5) is 0. The van der Waals surface area contributed by atoms with Gasteiger partial charge >= 0.3 is 0 Å². The number of halogens is 3. The normalized spacial score (nSPS) is 11.1. The van der Waals surface area contributed by atoms with Gasteiger partial charge in [-0.15, -0.1) is 0 Å². The molecule has 1 aromatic rings. The van der Waals surface area contributed by atoms with Gasteiger partial charge in [-0.25, -0.2) is 8.78 Å². The first kappa shape index (κ1) is 13.9. The van der Waals surface area contributed by atoms with Gasteiger partial charge in [0.25, 0.3) is 0 Å². The van der Waals surface area contributed by atoms with E-state index in [0.29, 0.717) is 12.1 Å². The second kappa shape index (κ2) is 7.25. The molecular weight excluding hydrogens is 248 g/mol. The van der Waals surface area contributed by atoms with Crippen molar-refractivity contribution < 1.29 is 13.5 Å². The van der Waals surface area contributed by atoms with Crippen molar-refractivity contribution in [2.24, 2.45) is 0 Å². The van der Waals surface area contributed by atoms with Crippen LogP contribution in [0.25, 0.3) is 0 Å². The molecule has 0 saturated carbocycles. The third kappa shape index (κ3) is 4.32. The Morgan fingerprint density at radius 3 is 2.53 bits per heavy atom. The van der Waals surface area contributed by atoms with Crippen LogP contribution >= 0.6 is 11.6 Å². The fraction of sp³-hybridized carbons (Fsp3) is 0.333. The van der Waals surface area contributed by atoms with Crippen LogP contribution in [0.2, 0.25) is 0 Å². The average Bonchev–Trinajstić information content (AvgIpc) is 2.30. The van der Waals surface area contributed by atoms with Gasteiger partial charge in [0.05, 0.1) is 0 Å². The fourth-order valence-corrected chi connectivity index (χ4v) is 1.36. The van der Waals surface area contributed by atoms with Crippen molar-refractivity contribution in [2.75, 3.05) is 13.2 Å². The monoisotopic (exact) mass is 261 g/mol. The zero-order valence-electron chi connectivity index (χ0n) is 9.47. The number of benzene rings is 1. The van der Waals surface area contributed by atoms with E-state index in [2.05, 4.69) is 5.32 Å². The van der Waals surface area contributed by atoms with Gasteiger partial charge in [-0.1, -0.05) is 18.5 Å². The van der Waals surface area contributed by atoms with Gasteiger partial charge in [0.1, 0.15) is 6.61 Å². The van der Waals surface area contributed by atoms with Crippen LogP contribution in [0.3, 0.4) is 0 Å². The molecule has 0 bridgehead atoms. The molecule has 0 amide bonds. The highest BCUT2D eigenvalue weighted by Crippen LogP contribution is 2.23. The van der Waals surface area contributed by atoms with Crippen LogP contribution in [0.15, 0.2) is 23.7 Å². The second-order valence-corrected chi connectivity index (χ2v) is 3.59. The Balaban J connectivity index is 2.78. The maximum atomic E-state index is 13.5. The molecule has 0 unspecified atom stereocenters. The predicted octanol–water partition coefficient (Wildman–Crippen LogP) is 3.21. The van der Waals surface area contributed by atoms with Gasteiger partial charge < -0.3 is 10.1 Å². The molecule has 1 N–H and O–H groups in total. The van der Waals surface area contributed by atoms with Crippen LogP contribution in [-0.4, -0.2) is 13.2 Å². The van der Waals surface area contributed by atoms with E-state index in [1.165, 1.54) is 23.7 Å². The molecule has 0 aliphatic heterocycles. The summed E-state index contributed by atoms with van der Waals surface area (Å²) in [5.74, 6) is -1.79. The van der Waals surface area contributed by atoms with Crippen molar-refractivity contribution >= 4 is 11.6 Å². The van der Waals surface area contributed by atoms with E-state index in [4.69, 9.17) is 16.3 Å². The molecule has 0 atom stereocenters. The van der Waals surface area contributed by atoms with Gasteiger partial charge in [-0.2, -0.15) is 0 Å². The first-order valence-electron chi connectivity index (χ1n) is 5.25. The summed E-state index contributed by atoms with van der Waals surface area (Å²) in [6.07, 6.45) is 1.45. The Morgan fingerprint density at radius 2 is 2.00 bits per heavy atom. The van der Waals surface area contributed by atoms with Crippen LogP contribution < -0.4 is 10.1 Å². The van der Waals surface area contributed by atoms with E-state index in [-0.39, 0.29) is 12.4 Å². The SMILES string of the molecule is CCNCc1cc(F)c(OCC=CCl)c(F)c1. The number of rotatable bonds is 6. The van der Waals surface area contributed by atoms with E-state index >= 15 is 0 Å². The molecule has 1 rings (SSSR count). The van der Waals surface area contributed by atoms with Crippen molar-refractivity contribution in [3.8, 4) is 5.75 Å². The number of nitrogens with one attached hydrogen (secondary N) is 1. The van der Waals surface area contributed by atoms with Crippen LogP contribution in [-0.2, 0) is 6.54 Å². The maximum absolute atomic E-state index is 13.5. The second-order valence-electron chi connectivity index (χ2n) is 3.34. The minimum absolute atomic E-state index is 0.0316. The van der Waals surface area contributed by atoms with Crippen molar-refractivity contribution in [1.82, 2.24) is 5.32 Å².